The number of hydrogen-bond acceptors (Lipinski definition) is 2. The topological polar surface area (TPSA) is 59.6 Å². The minimum Gasteiger partial charge on any atom is -0.494 e. The quantitative estimate of drug-likeness (QED) is 0.318. The van der Waals surface area contributed by atoms with Gasteiger partial charge in [0, 0.05) is 6.54 Å². The zero-order valence-electron chi connectivity index (χ0n) is 13.2. The Kier molecular flexibility index (Phi) is 8.02. The molecule has 0 saturated heterocycles. The van der Waals surface area contributed by atoms with Crippen molar-refractivity contribution in [1.82, 2.24) is 5.32 Å². The highest BCUT2D eigenvalue weighted by atomic mass is 16.5. The Bertz CT molecular complexity index is 452. The third-order valence-electron chi connectivity index (χ3n) is 2.93. The molecule has 3 N–H and O–H groups in total. The van der Waals surface area contributed by atoms with E-state index in [-0.39, 0.29) is 0 Å². The molecule has 0 aromatic heterocycles. The predicted octanol–water partition coefficient (Wildman–Crippen LogP) is 2.89. The molecule has 116 valence electrons. The molecule has 0 bridgehead atoms. The van der Waals surface area contributed by atoms with Gasteiger partial charge in [0.05, 0.1) is 13.2 Å². The van der Waals surface area contributed by atoms with E-state index < -0.39 is 0 Å². The lowest BCUT2D eigenvalue weighted by Crippen LogP contribution is -2.33. The molecule has 4 nitrogen and oxygen atoms in total. The first-order valence-corrected chi connectivity index (χ1v) is 7.51. The van der Waals surface area contributed by atoms with Crippen molar-refractivity contribution in [2.75, 3.05) is 19.7 Å². The molecule has 0 radical (unpaired) electrons. The number of nitrogens with two attached hydrogens (primary N) is 1. The Morgan fingerprint density at radius 1 is 1.33 bits per heavy atom. The Morgan fingerprint density at radius 3 is 2.67 bits per heavy atom. The summed E-state index contributed by atoms with van der Waals surface area (Å²) in [6.07, 6.45) is 3.14. The van der Waals surface area contributed by atoms with E-state index in [0.717, 1.165) is 43.7 Å². The van der Waals surface area contributed by atoms with Crippen molar-refractivity contribution in [3.8, 4) is 5.75 Å². The molecule has 0 saturated carbocycles. The van der Waals surface area contributed by atoms with Crippen molar-refractivity contribution in [1.29, 1.82) is 0 Å². The van der Waals surface area contributed by atoms with Gasteiger partial charge in [0.1, 0.15) is 5.75 Å². The third kappa shape index (κ3) is 8.02. The van der Waals surface area contributed by atoms with Crippen LogP contribution in [0.5, 0.6) is 5.75 Å². The highest BCUT2D eigenvalue weighted by Crippen LogP contribution is 2.12. The van der Waals surface area contributed by atoms with Crippen molar-refractivity contribution < 1.29 is 4.74 Å². The first-order valence-electron chi connectivity index (χ1n) is 7.51. The normalized spacial score (nSPS) is 11.2. The zero-order valence-corrected chi connectivity index (χ0v) is 13.2. The minimum absolute atomic E-state index is 0.470. The van der Waals surface area contributed by atoms with Crippen LogP contribution < -0.4 is 15.8 Å². The minimum atomic E-state index is 0.470. The second kappa shape index (κ2) is 9.86. The molecule has 0 amide bonds. The van der Waals surface area contributed by atoms with Gasteiger partial charge in [0.15, 0.2) is 5.96 Å². The highest BCUT2D eigenvalue weighted by molar-refractivity contribution is 5.77. The lowest BCUT2D eigenvalue weighted by molar-refractivity contribution is 0.309. The van der Waals surface area contributed by atoms with E-state index in [1.807, 2.05) is 19.1 Å². The lowest BCUT2D eigenvalue weighted by Gasteiger charge is -2.08. The van der Waals surface area contributed by atoms with Gasteiger partial charge in [-0.3, -0.25) is 0 Å². The van der Waals surface area contributed by atoms with Crippen LogP contribution in [0, 0.1) is 0 Å². The molecule has 0 atom stereocenters. The van der Waals surface area contributed by atoms with Gasteiger partial charge in [-0.2, -0.15) is 0 Å². The molecule has 0 aliphatic rings. The molecule has 4 heteroatoms. The summed E-state index contributed by atoms with van der Waals surface area (Å²) in [5, 5.41) is 3.10. The number of unbranched alkanes of at least 4 members (excludes halogenated alkanes) is 1. The van der Waals surface area contributed by atoms with Crippen LogP contribution in [0.1, 0.15) is 32.3 Å². The van der Waals surface area contributed by atoms with E-state index in [9.17, 15) is 0 Å². The fraction of sp³-hybridized carbons (Fsp3) is 0.471. The van der Waals surface area contributed by atoms with Gasteiger partial charge in [0.2, 0.25) is 0 Å². The lowest BCUT2D eigenvalue weighted by atomic mass is 10.1. The van der Waals surface area contributed by atoms with E-state index in [0.29, 0.717) is 12.5 Å². The van der Waals surface area contributed by atoms with Crippen LogP contribution in [0.25, 0.3) is 0 Å². The van der Waals surface area contributed by atoms with Crippen LogP contribution in [0.15, 0.2) is 41.4 Å². The summed E-state index contributed by atoms with van der Waals surface area (Å²) in [6.45, 7) is 10.00. The molecule has 0 heterocycles. The van der Waals surface area contributed by atoms with Crippen LogP contribution in [-0.4, -0.2) is 25.7 Å². The van der Waals surface area contributed by atoms with E-state index in [2.05, 4.69) is 35.9 Å². The number of benzene rings is 1. The highest BCUT2D eigenvalue weighted by Gasteiger charge is 1.97. The molecule has 1 aromatic carbocycles. The first-order chi connectivity index (χ1) is 10.1. The average Bonchev–Trinajstić information content (AvgIpc) is 2.47. The number of guanidine groups is 1. The zero-order chi connectivity index (χ0) is 15.5. The van der Waals surface area contributed by atoms with Crippen molar-refractivity contribution >= 4 is 5.96 Å². The second-order valence-corrected chi connectivity index (χ2v) is 5.18. The molecular weight excluding hydrogens is 262 g/mol. The number of nitrogens with one attached hydrogen (secondary N) is 1. The van der Waals surface area contributed by atoms with Gasteiger partial charge in [0.25, 0.3) is 0 Å². The Labute approximate surface area is 128 Å². The van der Waals surface area contributed by atoms with Gasteiger partial charge in [-0.1, -0.05) is 37.6 Å². The maximum atomic E-state index is 5.76. The van der Waals surface area contributed by atoms with E-state index in [4.69, 9.17) is 10.5 Å². The Hall–Kier alpha value is -1.97. The predicted molar refractivity (Wildman–Crippen MR) is 89.9 cm³/mol. The third-order valence-corrected chi connectivity index (χ3v) is 2.93. The van der Waals surface area contributed by atoms with Crippen molar-refractivity contribution in [3.05, 3.63) is 42.0 Å². The summed E-state index contributed by atoms with van der Waals surface area (Å²) >= 11 is 0. The fourth-order valence-corrected chi connectivity index (χ4v) is 1.70. The largest absolute Gasteiger partial charge is 0.494 e. The molecule has 0 aliphatic heterocycles. The molecule has 21 heavy (non-hydrogen) atoms. The van der Waals surface area contributed by atoms with Gasteiger partial charge >= 0.3 is 0 Å². The summed E-state index contributed by atoms with van der Waals surface area (Å²) in [7, 11) is 0. The van der Waals surface area contributed by atoms with Crippen molar-refractivity contribution in [2.45, 2.75) is 33.1 Å². The van der Waals surface area contributed by atoms with Crippen molar-refractivity contribution in [3.63, 3.8) is 0 Å². The fourth-order valence-electron chi connectivity index (χ4n) is 1.70. The molecule has 1 aromatic rings. The van der Waals surface area contributed by atoms with E-state index in [1.54, 1.807) is 0 Å². The first kappa shape index (κ1) is 17.1. The summed E-state index contributed by atoms with van der Waals surface area (Å²) in [4.78, 5) is 4.17. The molecular formula is C17H27N3O. The SMILES string of the molecule is C=C(C)CN=C(N)NCCc1ccc(OCCCC)cc1. The number of aliphatic imine (C=N–C) groups is 1. The maximum absolute atomic E-state index is 5.76. The van der Waals surface area contributed by atoms with Gasteiger partial charge in [-0.25, -0.2) is 4.99 Å². The molecule has 0 fully saturated rings. The summed E-state index contributed by atoms with van der Waals surface area (Å²) in [5.74, 6) is 1.40. The molecule has 1 rings (SSSR count). The molecule has 0 aliphatic carbocycles. The maximum Gasteiger partial charge on any atom is 0.188 e. The van der Waals surface area contributed by atoms with Gasteiger partial charge in [-0.05, 0) is 37.5 Å². The number of rotatable bonds is 9. The van der Waals surface area contributed by atoms with Gasteiger partial charge < -0.3 is 15.8 Å². The Morgan fingerprint density at radius 2 is 2.05 bits per heavy atom. The van der Waals surface area contributed by atoms with Crippen LogP contribution in [-0.2, 0) is 6.42 Å². The standard InChI is InChI=1S/C17H27N3O/c1-4-5-12-21-16-8-6-15(7-9-16)10-11-19-17(18)20-13-14(2)3/h6-9H,2,4-5,10-13H2,1,3H3,(H3,18,19,20). The van der Waals surface area contributed by atoms with E-state index in [1.165, 1.54) is 5.56 Å². The smallest absolute Gasteiger partial charge is 0.188 e. The monoisotopic (exact) mass is 289 g/mol. The molecule has 0 spiro atoms. The number of hydrogen-bond donors (Lipinski definition) is 2. The summed E-state index contributed by atoms with van der Waals surface area (Å²) in [6, 6.07) is 8.21. The Balaban J connectivity index is 2.29. The molecule has 0 unspecified atom stereocenters. The second-order valence-electron chi connectivity index (χ2n) is 5.18. The van der Waals surface area contributed by atoms with Gasteiger partial charge in [-0.15, -0.1) is 0 Å². The van der Waals surface area contributed by atoms with Crippen LogP contribution in [0.3, 0.4) is 0 Å². The summed E-state index contributed by atoms with van der Waals surface area (Å²) in [5.41, 5.74) is 8.00. The number of nitrogens with zero attached hydrogens (tertiary/aromatic N) is 1. The summed E-state index contributed by atoms with van der Waals surface area (Å²) < 4.78 is 5.64. The van der Waals surface area contributed by atoms with E-state index >= 15 is 0 Å². The van der Waals surface area contributed by atoms with Crippen LogP contribution >= 0.6 is 0 Å². The average molecular weight is 289 g/mol. The van der Waals surface area contributed by atoms with Crippen LogP contribution in [0.2, 0.25) is 0 Å². The number of ether oxygens (including phenoxy) is 1. The van der Waals surface area contributed by atoms with Crippen LogP contribution in [0.4, 0.5) is 0 Å². The van der Waals surface area contributed by atoms with Crippen molar-refractivity contribution in [2.24, 2.45) is 10.7 Å².